The van der Waals surface area contributed by atoms with Crippen molar-refractivity contribution in [3.8, 4) is 0 Å². The highest BCUT2D eigenvalue weighted by Gasteiger charge is 2.09. The van der Waals surface area contributed by atoms with E-state index in [1.807, 2.05) is 44.2 Å². The first-order chi connectivity index (χ1) is 7.20. The molecule has 0 unspecified atom stereocenters. The van der Waals surface area contributed by atoms with Crippen LogP contribution in [0.25, 0.3) is 12.2 Å². The molecule has 0 aliphatic rings. The van der Waals surface area contributed by atoms with E-state index in [0.717, 1.165) is 11.1 Å². The number of aromatic carboxylic acids is 1. The summed E-state index contributed by atoms with van der Waals surface area (Å²) in [6, 6.07) is 5.28. The summed E-state index contributed by atoms with van der Waals surface area (Å²) >= 11 is 0. The summed E-state index contributed by atoms with van der Waals surface area (Å²) in [5.41, 5.74) is 2.02. The molecular weight excluding hydrogens is 188 g/mol. The van der Waals surface area contributed by atoms with Crippen molar-refractivity contribution >= 4 is 18.1 Å². The van der Waals surface area contributed by atoms with E-state index in [-0.39, 0.29) is 0 Å². The molecule has 0 atom stereocenters. The van der Waals surface area contributed by atoms with Gasteiger partial charge in [0.25, 0.3) is 0 Å². The fourth-order valence-electron chi connectivity index (χ4n) is 1.45. The van der Waals surface area contributed by atoms with Crippen LogP contribution in [-0.2, 0) is 0 Å². The van der Waals surface area contributed by atoms with Gasteiger partial charge in [0.2, 0.25) is 0 Å². The molecule has 1 rings (SSSR count). The number of carbonyl (C=O) groups is 1. The molecule has 2 nitrogen and oxygen atoms in total. The van der Waals surface area contributed by atoms with E-state index in [1.165, 1.54) is 0 Å². The summed E-state index contributed by atoms with van der Waals surface area (Å²) < 4.78 is 0. The SMILES string of the molecule is C/C=C\c1cccc(C(=O)O)c1/C=C\C. The predicted octanol–water partition coefficient (Wildman–Crippen LogP) is 3.45. The van der Waals surface area contributed by atoms with Gasteiger partial charge in [0.15, 0.2) is 0 Å². The molecule has 0 radical (unpaired) electrons. The van der Waals surface area contributed by atoms with E-state index >= 15 is 0 Å². The van der Waals surface area contributed by atoms with Crippen molar-refractivity contribution in [1.29, 1.82) is 0 Å². The van der Waals surface area contributed by atoms with Crippen LogP contribution < -0.4 is 0 Å². The highest BCUT2D eigenvalue weighted by molar-refractivity contribution is 5.94. The highest BCUT2D eigenvalue weighted by atomic mass is 16.4. The normalized spacial score (nSPS) is 11.3. The van der Waals surface area contributed by atoms with Crippen molar-refractivity contribution in [3.05, 3.63) is 47.0 Å². The van der Waals surface area contributed by atoms with Gasteiger partial charge in [-0.3, -0.25) is 0 Å². The molecule has 0 spiro atoms. The van der Waals surface area contributed by atoms with E-state index in [9.17, 15) is 4.79 Å². The number of carboxylic acid groups (broad SMARTS) is 1. The van der Waals surface area contributed by atoms with Gasteiger partial charge in [0, 0.05) is 0 Å². The zero-order chi connectivity index (χ0) is 11.3. The van der Waals surface area contributed by atoms with Crippen molar-refractivity contribution in [2.24, 2.45) is 0 Å². The molecule has 15 heavy (non-hydrogen) atoms. The van der Waals surface area contributed by atoms with Gasteiger partial charge >= 0.3 is 5.97 Å². The Bertz CT molecular complexity index is 415. The topological polar surface area (TPSA) is 37.3 Å². The van der Waals surface area contributed by atoms with Gasteiger partial charge in [-0.2, -0.15) is 0 Å². The summed E-state index contributed by atoms with van der Waals surface area (Å²) in [4.78, 5) is 11.0. The van der Waals surface area contributed by atoms with Crippen LogP contribution >= 0.6 is 0 Å². The van der Waals surface area contributed by atoms with Crippen LogP contribution in [0.5, 0.6) is 0 Å². The Morgan fingerprint density at radius 2 is 1.87 bits per heavy atom. The van der Waals surface area contributed by atoms with E-state index < -0.39 is 5.97 Å². The third-order valence-corrected chi connectivity index (χ3v) is 2.05. The maximum absolute atomic E-state index is 11.0. The number of carboxylic acids is 1. The summed E-state index contributed by atoms with van der Waals surface area (Å²) in [6.45, 7) is 3.78. The van der Waals surface area contributed by atoms with E-state index in [1.54, 1.807) is 12.1 Å². The monoisotopic (exact) mass is 202 g/mol. The molecular formula is C13H14O2. The fraction of sp³-hybridized carbons (Fsp3) is 0.154. The van der Waals surface area contributed by atoms with Crippen LogP contribution in [0.15, 0.2) is 30.4 Å². The summed E-state index contributed by atoms with van der Waals surface area (Å²) in [6.07, 6.45) is 7.46. The Hall–Kier alpha value is -1.83. The maximum Gasteiger partial charge on any atom is 0.336 e. The Morgan fingerprint density at radius 3 is 2.40 bits per heavy atom. The fourth-order valence-corrected chi connectivity index (χ4v) is 1.45. The highest BCUT2D eigenvalue weighted by Crippen LogP contribution is 2.18. The van der Waals surface area contributed by atoms with Gasteiger partial charge in [-0.1, -0.05) is 36.4 Å². The van der Waals surface area contributed by atoms with Crippen LogP contribution in [0.1, 0.15) is 35.3 Å². The minimum absolute atomic E-state index is 0.337. The van der Waals surface area contributed by atoms with Crippen molar-refractivity contribution in [3.63, 3.8) is 0 Å². The quantitative estimate of drug-likeness (QED) is 0.815. The minimum atomic E-state index is -0.894. The smallest absolute Gasteiger partial charge is 0.336 e. The van der Waals surface area contributed by atoms with Gasteiger partial charge in [-0.15, -0.1) is 0 Å². The molecule has 0 bridgehead atoms. The lowest BCUT2D eigenvalue weighted by molar-refractivity contribution is 0.0696. The lowest BCUT2D eigenvalue weighted by atomic mass is 10.00. The number of rotatable bonds is 3. The van der Waals surface area contributed by atoms with Crippen molar-refractivity contribution < 1.29 is 9.90 Å². The Morgan fingerprint density at radius 1 is 1.20 bits per heavy atom. The van der Waals surface area contributed by atoms with Crippen LogP contribution in [-0.4, -0.2) is 11.1 Å². The summed E-state index contributed by atoms with van der Waals surface area (Å²) in [5, 5.41) is 9.03. The van der Waals surface area contributed by atoms with Gasteiger partial charge in [0.05, 0.1) is 5.56 Å². The van der Waals surface area contributed by atoms with Crippen LogP contribution in [0.2, 0.25) is 0 Å². The van der Waals surface area contributed by atoms with Gasteiger partial charge < -0.3 is 5.11 Å². The summed E-state index contributed by atoms with van der Waals surface area (Å²) in [7, 11) is 0. The first-order valence-corrected chi connectivity index (χ1v) is 4.82. The number of hydrogen-bond acceptors (Lipinski definition) is 1. The molecule has 1 N–H and O–H groups in total. The molecule has 0 aromatic heterocycles. The second-order valence-corrected chi connectivity index (χ2v) is 3.11. The van der Waals surface area contributed by atoms with Gasteiger partial charge in [-0.05, 0) is 31.0 Å². The average Bonchev–Trinajstić information content (AvgIpc) is 2.21. The maximum atomic E-state index is 11.0. The van der Waals surface area contributed by atoms with Gasteiger partial charge in [-0.25, -0.2) is 4.79 Å². The predicted molar refractivity (Wildman–Crippen MR) is 62.8 cm³/mol. The van der Waals surface area contributed by atoms with E-state index in [4.69, 9.17) is 5.11 Å². The molecule has 1 aromatic rings. The van der Waals surface area contributed by atoms with Crippen molar-refractivity contribution in [1.82, 2.24) is 0 Å². The first kappa shape index (κ1) is 11.2. The van der Waals surface area contributed by atoms with Gasteiger partial charge in [0.1, 0.15) is 0 Å². The molecule has 0 saturated carbocycles. The van der Waals surface area contributed by atoms with E-state index in [0.29, 0.717) is 5.56 Å². The molecule has 0 amide bonds. The summed E-state index contributed by atoms with van der Waals surface area (Å²) in [5.74, 6) is -0.894. The first-order valence-electron chi connectivity index (χ1n) is 4.82. The molecule has 0 heterocycles. The Labute approximate surface area is 89.6 Å². The number of benzene rings is 1. The number of allylic oxidation sites excluding steroid dienone is 2. The van der Waals surface area contributed by atoms with Crippen molar-refractivity contribution in [2.45, 2.75) is 13.8 Å². The minimum Gasteiger partial charge on any atom is -0.478 e. The molecule has 0 aliphatic heterocycles. The zero-order valence-corrected chi connectivity index (χ0v) is 8.90. The zero-order valence-electron chi connectivity index (χ0n) is 8.90. The lowest BCUT2D eigenvalue weighted by Crippen LogP contribution is -2.00. The third kappa shape index (κ3) is 2.56. The third-order valence-electron chi connectivity index (χ3n) is 2.05. The molecule has 1 aromatic carbocycles. The molecule has 78 valence electrons. The molecule has 2 heteroatoms. The van der Waals surface area contributed by atoms with Crippen LogP contribution in [0.4, 0.5) is 0 Å². The molecule has 0 aliphatic carbocycles. The molecule has 0 fully saturated rings. The lowest BCUT2D eigenvalue weighted by Gasteiger charge is -2.05. The Balaban J connectivity index is 3.40. The largest absolute Gasteiger partial charge is 0.478 e. The Kier molecular flexibility index (Phi) is 3.86. The average molecular weight is 202 g/mol. The standard InChI is InChI=1S/C13H14O2/c1-3-6-10-8-5-9-12(13(14)15)11(10)7-4-2/h3-9H,1-2H3,(H,14,15)/b6-3-,7-4-. The van der Waals surface area contributed by atoms with Crippen LogP contribution in [0, 0.1) is 0 Å². The second-order valence-electron chi connectivity index (χ2n) is 3.11. The van der Waals surface area contributed by atoms with Crippen molar-refractivity contribution in [2.75, 3.05) is 0 Å². The second kappa shape index (κ2) is 5.15. The van der Waals surface area contributed by atoms with Crippen LogP contribution in [0.3, 0.4) is 0 Å². The molecule has 0 saturated heterocycles. The van der Waals surface area contributed by atoms with E-state index in [2.05, 4.69) is 0 Å². The number of hydrogen-bond donors (Lipinski definition) is 1.